The third kappa shape index (κ3) is 4.18. The predicted molar refractivity (Wildman–Crippen MR) is 64.9 cm³/mol. The molecule has 0 aliphatic carbocycles. The Morgan fingerprint density at radius 1 is 1.65 bits per heavy atom. The van der Waals surface area contributed by atoms with E-state index in [1.54, 1.807) is 11.8 Å². The minimum Gasteiger partial charge on any atom is -0.479 e. The van der Waals surface area contributed by atoms with Crippen LogP contribution < -0.4 is 5.73 Å². The van der Waals surface area contributed by atoms with Gasteiger partial charge >= 0.3 is 5.97 Å². The van der Waals surface area contributed by atoms with Gasteiger partial charge in [0.1, 0.15) is 0 Å². The molecule has 6 nitrogen and oxygen atoms in total. The molecule has 7 heteroatoms. The summed E-state index contributed by atoms with van der Waals surface area (Å²) >= 11 is 1.63. The standard InChI is InChI=1S/C10H18N2O4S/c1-17-5-2-7(11)9(13)12-3-4-16-8(6-12)10(14)15/h7-8H,2-6,11H2,1H3,(H,14,15)/t7-,8?/m1/s1. The van der Waals surface area contributed by atoms with E-state index >= 15 is 0 Å². The summed E-state index contributed by atoms with van der Waals surface area (Å²) in [6.07, 6.45) is 1.63. The molecule has 1 aliphatic heterocycles. The molecule has 0 aromatic carbocycles. The van der Waals surface area contributed by atoms with Crippen molar-refractivity contribution in [1.29, 1.82) is 0 Å². The van der Waals surface area contributed by atoms with Crippen molar-refractivity contribution >= 4 is 23.6 Å². The normalized spacial score (nSPS) is 22.2. The molecule has 1 unspecified atom stereocenters. The number of hydrogen-bond acceptors (Lipinski definition) is 5. The van der Waals surface area contributed by atoms with Gasteiger partial charge < -0.3 is 20.5 Å². The van der Waals surface area contributed by atoms with Crippen LogP contribution in [0.5, 0.6) is 0 Å². The molecule has 98 valence electrons. The first-order valence-corrected chi connectivity index (χ1v) is 6.83. The molecular formula is C10H18N2O4S. The molecule has 17 heavy (non-hydrogen) atoms. The van der Waals surface area contributed by atoms with E-state index in [9.17, 15) is 9.59 Å². The van der Waals surface area contributed by atoms with Crippen molar-refractivity contribution in [3.05, 3.63) is 0 Å². The summed E-state index contributed by atoms with van der Waals surface area (Å²) in [7, 11) is 0. The van der Waals surface area contributed by atoms with Gasteiger partial charge in [0, 0.05) is 6.54 Å². The fourth-order valence-electron chi connectivity index (χ4n) is 1.60. The van der Waals surface area contributed by atoms with Crippen molar-refractivity contribution in [2.24, 2.45) is 5.73 Å². The maximum Gasteiger partial charge on any atom is 0.334 e. The van der Waals surface area contributed by atoms with E-state index in [0.717, 1.165) is 5.75 Å². The number of hydrogen-bond donors (Lipinski definition) is 2. The van der Waals surface area contributed by atoms with Gasteiger partial charge in [-0.05, 0) is 18.4 Å². The van der Waals surface area contributed by atoms with Crippen molar-refractivity contribution in [2.75, 3.05) is 31.7 Å². The fourth-order valence-corrected chi connectivity index (χ4v) is 2.09. The molecule has 1 rings (SSSR count). The molecule has 0 aromatic heterocycles. The Morgan fingerprint density at radius 2 is 2.35 bits per heavy atom. The van der Waals surface area contributed by atoms with Gasteiger partial charge in [0.2, 0.25) is 5.91 Å². The number of nitrogens with two attached hydrogens (primary N) is 1. The van der Waals surface area contributed by atoms with Crippen molar-refractivity contribution in [3.63, 3.8) is 0 Å². The maximum absolute atomic E-state index is 11.9. The Bertz CT molecular complexity index is 287. The van der Waals surface area contributed by atoms with E-state index in [1.807, 2.05) is 6.26 Å². The number of aliphatic carboxylic acids is 1. The Kier molecular flexibility index (Phi) is 5.73. The predicted octanol–water partition coefficient (Wildman–Crippen LogP) is -0.621. The molecule has 0 spiro atoms. The zero-order valence-corrected chi connectivity index (χ0v) is 10.6. The number of carbonyl (C=O) groups excluding carboxylic acids is 1. The average molecular weight is 262 g/mol. The van der Waals surface area contributed by atoms with E-state index in [0.29, 0.717) is 13.0 Å². The molecular weight excluding hydrogens is 244 g/mol. The second-order valence-electron chi connectivity index (χ2n) is 3.87. The molecule has 1 fully saturated rings. The van der Waals surface area contributed by atoms with Crippen LogP contribution in [0.1, 0.15) is 6.42 Å². The summed E-state index contributed by atoms with van der Waals surface area (Å²) in [5.41, 5.74) is 5.76. The quantitative estimate of drug-likeness (QED) is 0.686. The van der Waals surface area contributed by atoms with E-state index in [4.69, 9.17) is 15.6 Å². The third-order valence-corrected chi connectivity index (χ3v) is 3.25. The summed E-state index contributed by atoms with van der Waals surface area (Å²) < 4.78 is 5.04. The second-order valence-corrected chi connectivity index (χ2v) is 4.86. The number of morpholine rings is 1. The average Bonchev–Trinajstić information content (AvgIpc) is 2.35. The molecule has 0 radical (unpaired) electrons. The van der Waals surface area contributed by atoms with Gasteiger partial charge in [-0.3, -0.25) is 4.79 Å². The first-order chi connectivity index (χ1) is 8.06. The van der Waals surface area contributed by atoms with Crippen molar-refractivity contribution in [1.82, 2.24) is 4.90 Å². The van der Waals surface area contributed by atoms with Gasteiger partial charge in [0.25, 0.3) is 0 Å². The van der Waals surface area contributed by atoms with Crippen LogP contribution in [0.2, 0.25) is 0 Å². The molecule has 3 N–H and O–H groups in total. The SMILES string of the molecule is CSCC[C@@H](N)C(=O)N1CCOC(C(=O)O)C1. The summed E-state index contributed by atoms with van der Waals surface area (Å²) in [4.78, 5) is 24.2. The number of nitrogens with zero attached hydrogens (tertiary/aromatic N) is 1. The highest BCUT2D eigenvalue weighted by molar-refractivity contribution is 7.98. The summed E-state index contributed by atoms with van der Waals surface area (Å²) in [5.74, 6) is -0.409. The number of amides is 1. The Hall–Kier alpha value is -0.790. The lowest BCUT2D eigenvalue weighted by Gasteiger charge is -2.32. The van der Waals surface area contributed by atoms with Crippen molar-refractivity contribution < 1.29 is 19.4 Å². The highest BCUT2D eigenvalue weighted by atomic mass is 32.2. The highest BCUT2D eigenvalue weighted by Gasteiger charge is 2.30. The van der Waals surface area contributed by atoms with Crippen molar-refractivity contribution in [3.8, 4) is 0 Å². The first-order valence-electron chi connectivity index (χ1n) is 5.44. The van der Waals surface area contributed by atoms with E-state index in [2.05, 4.69) is 0 Å². The van der Waals surface area contributed by atoms with Crippen LogP contribution in [0.25, 0.3) is 0 Å². The number of thioether (sulfide) groups is 1. The monoisotopic (exact) mass is 262 g/mol. The zero-order chi connectivity index (χ0) is 12.8. The maximum atomic E-state index is 11.9. The minimum absolute atomic E-state index is 0.0845. The van der Waals surface area contributed by atoms with Gasteiger partial charge in [-0.1, -0.05) is 0 Å². The summed E-state index contributed by atoms with van der Waals surface area (Å²) in [6, 6.07) is -0.546. The number of carboxylic acids is 1. The van der Waals surface area contributed by atoms with Crippen LogP contribution in [0, 0.1) is 0 Å². The minimum atomic E-state index is -1.04. The molecule has 0 saturated carbocycles. The van der Waals surface area contributed by atoms with Crippen LogP contribution in [-0.2, 0) is 14.3 Å². The third-order valence-electron chi connectivity index (χ3n) is 2.60. The van der Waals surface area contributed by atoms with Gasteiger partial charge in [-0.2, -0.15) is 11.8 Å². The Labute approximate surface area is 104 Å². The van der Waals surface area contributed by atoms with Crippen LogP contribution in [0.4, 0.5) is 0 Å². The smallest absolute Gasteiger partial charge is 0.334 e. The van der Waals surface area contributed by atoms with Crippen LogP contribution in [0.15, 0.2) is 0 Å². The number of carbonyl (C=O) groups is 2. The highest BCUT2D eigenvalue weighted by Crippen LogP contribution is 2.09. The van der Waals surface area contributed by atoms with E-state index < -0.39 is 18.1 Å². The molecule has 1 aliphatic rings. The van der Waals surface area contributed by atoms with Gasteiger partial charge in [-0.25, -0.2) is 4.79 Å². The van der Waals surface area contributed by atoms with E-state index in [-0.39, 0.29) is 19.1 Å². The van der Waals surface area contributed by atoms with Crippen LogP contribution in [0.3, 0.4) is 0 Å². The van der Waals surface area contributed by atoms with Gasteiger partial charge in [0.05, 0.1) is 19.2 Å². The lowest BCUT2D eigenvalue weighted by Crippen LogP contribution is -2.53. The van der Waals surface area contributed by atoms with Crippen LogP contribution in [-0.4, -0.2) is 65.7 Å². The number of rotatable bonds is 5. The lowest BCUT2D eigenvalue weighted by molar-refractivity contribution is -0.159. The number of ether oxygens (including phenoxy) is 1. The second kappa shape index (κ2) is 6.83. The van der Waals surface area contributed by atoms with Crippen LogP contribution >= 0.6 is 11.8 Å². The Morgan fingerprint density at radius 3 is 2.94 bits per heavy atom. The molecule has 0 aromatic rings. The molecule has 2 atom stereocenters. The first kappa shape index (κ1) is 14.3. The number of carboxylic acid groups (broad SMARTS) is 1. The van der Waals surface area contributed by atoms with Gasteiger partial charge in [0.15, 0.2) is 6.10 Å². The largest absolute Gasteiger partial charge is 0.479 e. The van der Waals surface area contributed by atoms with E-state index in [1.165, 1.54) is 4.90 Å². The molecule has 1 amide bonds. The topological polar surface area (TPSA) is 92.9 Å². The molecule has 0 bridgehead atoms. The molecule has 1 heterocycles. The summed E-state index contributed by atoms with van der Waals surface area (Å²) in [6.45, 7) is 0.745. The lowest BCUT2D eigenvalue weighted by atomic mass is 10.2. The zero-order valence-electron chi connectivity index (χ0n) is 9.80. The Balaban J connectivity index is 2.48. The molecule has 1 saturated heterocycles. The summed E-state index contributed by atoms with van der Waals surface area (Å²) in [5, 5.41) is 8.82. The fraction of sp³-hybridized carbons (Fsp3) is 0.800. The van der Waals surface area contributed by atoms with Crippen molar-refractivity contribution in [2.45, 2.75) is 18.6 Å². The van der Waals surface area contributed by atoms with Gasteiger partial charge in [-0.15, -0.1) is 0 Å².